The molecule has 24 heavy (non-hydrogen) atoms. The first-order valence-corrected chi connectivity index (χ1v) is 6.95. The predicted octanol–water partition coefficient (Wildman–Crippen LogP) is 3.83. The molecule has 0 amide bonds. The van der Waals surface area contributed by atoms with Crippen molar-refractivity contribution < 1.29 is 18.3 Å². The largest absolute Gasteiger partial charge is 0.456 e. The van der Waals surface area contributed by atoms with E-state index in [-0.39, 0.29) is 17.0 Å². The highest BCUT2D eigenvalue weighted by atomic mass is 19.3. The first-order chi connectivity index (χ1) is 11.6. The van der Waals surface area contributed by atoms with E-state index in [4.69, 9.17) is 4.74 Å². The summed E-state index contributed by atoms with van der Waals surface area (Å²) in [4.78, 5) is 23.8. The van der Waals surface area contributed by atoms with Crippen molar-refractivity contribution in [2.24, 2.45) is 0 Å². The highest BCUT2D eigenvalue weighted by molar-refractivity contribution is 6.07. The zero-order valence-corrected chi connectivity index (χ0v) is 12.3. The maximum Gasteiger partial charge on any atom is 0.263 e. The zero-order valence-electron chi connectivity index (χ0n) is 12.3. The first kappa shape index (κ1) is 15.7. The van der Waals surface area contributed by atoms with Crippen molar-refractivity contribution in [3.05, 3.63) is 78.1 Å². The number of carbonyl (C=O) groups excluding carboxylic acids is 1. The molecule has 120 valence electrons. The number of hydrogen-bond donors (Lipinski definition) is 0. The molecular formula is C17H11F2N3O2. The lowest BCUT2D eigenvalue weighted by Gasteiger charge is -2.07. The van der Waals surface area contributed by atoms with Crippen LogP contribution in [0.4, 0.5) is 8.78 Å². The Morgan fingerprint density at radius 3 is 2.17 bits per heavy atom. The van der Waals surface area contributed by atoms with Crippen molar-refractivity contribution in [3.8, 4) is 11.5 Å². The van der Waals surface area contributed by atoms with Crippen LogP contribution in [-0.4, -0.2) is 20.7 Å². The van der Waals surface area contributed by atoms with E-state index < -0.39 is 6.43 Å². The fourth-order valence-corrected chi connectivity index (χ4v) is 1.96. The van der Waals surface area contributed by atoms with E-state index in [2.05, 4.69) is 15.0 Å². The van der Waals surface area contributed by atoms with E-state index >= 15 is 0 Å². The Labute approximate surface area is 136 Å². The SMILES string of the molecule is O=C(c1cncnc1)c1ccc(Oc2ccc(C(F)F)cc2)cn1. The molecule has 3 rings (SSSR count). The topological polar surface area (TPSA) is 65.0 Å². The summed E-state index contributed by atoms with van der Waals surface area (Å²) < 4.78 is 30.5. The molecule has 5 nitrogen and oxygen atoms in total. The molecule has 1 aromatic carbocycles. The van der Waals surface area contributed by atoms with Gasteiger partial charge in [0.1, 0.15) is 23.5 Å². The molecule has 0 radical (unpaired) electrons. The molecule has 0 saturated carbocycles. The number of aromatic nitrogens is 3. The van der Waals surface area contributed by atoms with Crippen LogP contribution in [0.5, 0.6) is 11.5 Å². The molecular weight excluding hydrogens is 316 g/mol. The standard InChI is InChI=1S/C17H11F2N3O2/c18-17(19)11-1-3-13(4-2-11)24-14-5-6-15(22-9-14)16(23)12-7-20-10-21-8-12/h1-10,17H. The van der Waals surface area contributed by atoms with Crippen molar-refractivity contribution in [2.75, 3.05) is 0 Å². The van der Waals surface area contributed by atoms with Crippen LogP contribution in [0.15, 0.2) is 61.3 Å². The van der Waals surface area contributed by atoms with Crippen LogP contribution in [0.3, 0.4) is 0 Å². The third kappa shape index (κ3) is 3.57. The second kappa shape index (κ2) is 6.91. The summed E-state index contributed by atoms with van der Waals surface area (Å²) in [5.74, 6) is 0.487. The Morgan fingerprint density at radius 2 is 1.58 bits per heavy atom. The molecule has 0 aliphatic carbocycles. The Morgan fingerprint density at radius 1 is 0.917 bits per heavy atom. The molecule has 0 aliphatic rings. The number of hydrogen-bond acceptors (Lipinski definition) is 5. The van der Waals surface area contributed by atoms with Crippen molar-refractivity contribution in [1.82, 2.24) is 15.0 Å². The van der Waals surface area contributed by atoms with Crippen LogP contribution in [0.2, 0.25) is 0 Å². The summed E-state index contributed by atoms with van der Waals surface area (Å²) in [5.41, 5.74) is 0.484. The molecule has 0 aliphatic heterocycles. The smallest absolute Gasteiger partial charge is 0.263 e. The van der Waals surface area contributed by atoms with Gasteiger partial charge in [-0.25, -0.2) is 23.7 Å². The van der Waals surface area contributed by atoms with Gasteiger partial charge in [0, 0.05) is 18.0 Å². The number of rotatable bonds is 5. The van der Waals surface area contributed by atoms with Crippen LogP contribution < -0.4 is 4.74 Å². The number of benzene rings is 1. The van der Waals surface area contributed by atoms with E-state index in [0.717, 1.165) is 0 Å². The number of alkyl halides is 2. The van der Waals surface area contributed by atoms with Crippen LogP contribution in [0.25, 0.3) is 0 Å². The van der Waals surface area contributed by atoms with Gasteiger partial charge in [-0.2, -0.15) is 0 Å². The van der Waals surface area contributed by atoms with Crippen LogP contribution in [0, 0.1) is 0 Å². The monoisotopic (exact) mass is 327 g/mol. The summed E-state index contributed by atoms with van der Waals surface area (Å²) in [6.07, 6.45) is 3.02. The maximum absolute atomic E-state index is 12.5. The molecule has 7 heteroatoms. The molecule has 2 aromatic heterocycles. The minimum atomic E-state index is -2.52. The average Bonchev–Trinajstić information content (AvgIpc) is 2.63. The van der Waals surface area contributed by atoms with Gasteiger partial charge in [0.05, 0.1) is 11.8 Å². The normalized spacial score (nSPS) is 10.6. The second-order valence-electron chi connectivity index (χ2n) is 4.81. The first-order valence-electron chi connectivity index (χ1n) is 6.95. The van der Waals surface area contributed by atoms with Crippen molar-refractivity contribution in [3.63, 3.8) is 0 Å². The van der Waals surface area contributed by atoms with Gasteiger partial charge in [-0.15, -0.1) is 0 Å². The van der Waals surface area contributed by atoms with Gasteiger partial charge in [-0.1, -0.05) is 0 Å². The number of pyridine rings is 1. The van der Waals surface area contributed by atoms with E-state index in [1.807, 2.05) is 0 Å². The van der Waals surface area contributed by atoms with Gasteiger partial charge in [-0.05, 0) is 36.4 Å². The van der Waals surface area contributed by atoms with Crippen molar-refractivity contribution in [2.45, 2.75) is 6.43 Å². The Kier molecular flexibility index (Phi) is 4.51. The second-order valence-corrected chi connectivity index (χ2v) is 4.81. The van der Waals surface area contributed by atoms with Gasteiger partial charge in [0.25, 0.3) is 6.43 Å². The van der Waals surface area contributed by atoms with Gasteiger partial charge in [0.15, 0.2) is 0 Å². The highest BCUT2D eigenvalue weighted by Crippen LogP contribution is 2.25. The number of nitrogens with zero attached hydrogens (tertiary/aromatic N) is 3. The quantitative estimate of drug-likeness (QED) is 0.666. The number of ether oxygens (including phenoxy) is 1. The number of carbonyl (C=O) groups is 1. The fourth-order valence-electron chi connectivity index (χ4n) is 1.96. The molecule has 0 fully saturated rings. The van der Waals surface area contributed by atoms with Crippen molar-refractivity contribution in [1.29, 1.82) is 0 Å². The maximum atomic E-state index is 12.5. The van der Waals surface area contributed by atoms with Gasteiger partial charge in [0.2, 0.25) is 5.78 Å². The lowest BCUT2D eigenvalue weighted by Crippen LogP contribution is -2.04. The summed E-state index contributed by atoms with van der Waals surface area (Å²) in [6, 6.07) is 8.56. The third-order valence-electron chi connectivity index (χ3n) is 3.16. The molecule has 0 spiro atoms. The molecule has 2 heterocycles. The van der Waals surface area contributed by atoms with E-state index in [9.17, 15) is 13.6 Å². The molecule has 0 unspecified atom stereocenters. The van der Waals surface area contributed by atoms with Crippen molar-refractivity contribution >= 4 is 5.78 Å². The average molecular weight is 327 g/mol. The Balaban J connectivity index is 1.71. The molecule has 0 N–H and O–H groups in total. The van der Waals surface area contributed by atoms with E-state index in [1.54, 1.807) is 6.07 Å². The molecule has 3 aromatic rings. The summed E-state index contributed by atoms with van der Waals surface area (Å²) in [5, 5.41) is 0. The molecule has 0 atom stereocenters. The number of halogens is 2. The minimum Gasteiger partial charge on any atom is -0.456 e. The summed E-state index contributed by atoms with van der Waals surface area (Å²) in [6.45, 7) is 0. The van der Waals surface area contributed by atoms with Crippen LogP contribution >= 0.6 is 0 Å². The summed E-state index contributed by atoms with van der Waals surface area (Å²) in [7, 11) is 0. The molecule has 0 bridgehead atoms. The minimum absolute atomic E-state index is 0.0773. The Bertz CT molecular complexity index is 823. The summed E-state index contributed by atoms with van der Waals surface area (Å²) >= 11 is 0. The third-order valence-corrected chi connectivity index (χ3v) is 3.16. The fraction of sp³-hybridized carbons (Fsp3) is 0.0588. The lowest BCUT2D eigenvalue weighted by molar-refractivity contribution is 0.103. The van der Waals surface area contributed by atoms with Gasteiger partial charge < -0.3 is 4.74 Å². The van der Waals surface area contributed by atoms with Crippen LogP contribution in [-0.2, 0) is 0 Å². The van der Waals surface area contributed by atoms with Crippen LogP contribution in [0.1, 0.15) is 28.0 Å². The van der Waals surface area contributed by atoms with E-state index in [0.29, 0.717) is 17.1 Å². The highest BCUT2D eigenvalue weighted by Gasteiger charge is 2.11. The number of ketones is 1. The van der Waals surface area contributed by atoms with Gasteiger partial charge >= 0.3 is 0 Å². The van der Waals surface area contributed by atoms with E-state index in [1.165, 1.54) is 55.2 Å². The lowest BCUT2D eigenvalue weighted by atomic mass is 10.1. The Hall–Kier alpha value is -3.22. The van der Waals surface area contributed by atoms with Gasteiger partial charge in [-0.3, -0.25) is 4.79 Å². The molecule has 0 saturated heterocycles. The zero-order chi connectivity index (χ0) is 16.9. The predicted molar refractivity (Wildman–Crippen MR) is 81.2 cm³/mol.